The van der Waals surface area contributed by atoms with Crippen molar-refractivity contribution in [1.29, 1.82) is 0 Å². The molecule has 0 radical (unpaired) electrons. The molecule has 8 heteroatoms. The van der Waals surface area contributed by atoms with E-state index in [0.717, 1.165) is 16.9 Å². The highest BCUT2D eigenvalue weighted by Gasteiger charge is 2.09. The van der Waals surface area contributed by atoms with Gasteiger partial charge in [0.05, 0.1) is 6.26 Å². The highest BCUT2D eigenvalue weighted by atomic mass is 16.5. The molecule has 0 atom stereocenters. The number of anilines is 1. The normalized spacial score (nSPS) is 10.4. The van der Waals surface area contributed by atoms with Gasteiger partial charge in [0.15, 0.2) is 12.4 Å². The summed E-state index contributed by atoms with van der Waals surface area (Å²) in [5, 5.41) is 5.53. The van der Waals surface area contributed by atoms with Gasteiger partial charge in [-0.05, 0) is 48.0 Å². The molecule has 0 saturated heterocycles. The second-order valence-corrected chi connectivity index (χ2v) is 7.32. The van der Waals surface area contributed by atoms with Crippen LogP contribution in [0.4, 0.5) is 5.69 Å². The minimum absolute atomic E-state index is 0.151. The van der Waals surface area contributed by atoms with Gasteiger partial charge in [-0.2, -0.15) is 0 Å². The van der Waals surface area contributed by atoms with Crippen molar-refractivity contribution < 1.29 is 23.5 Å². The van der Waals surface area contributed by atoms with E-state index in [0.29, 0.717) is 24.6 Å². The predicted molar refractivity (Wildman–Crippen MR) is 125 cm³/mol. The number of ether oxygens (including phenoxy) is 2. The van der Waals surface area contributed by atoms with Crippen molar-refractivity contribution in [2.24, 2.45) is 0 Å². The molecule has 2 aromatic heterocycles. The third kappa shape index (κ3) is 6.70. The van der Waals surface area contributed by atoms with Gasteiger partial charge < -0.3 is 24.5 Å². The number of hydrogen-bond acceptors (Lipinski definition) is 6. The number of rotatable bonds is 10. The molecule has 2 N–H and O–H groups in total. The summed E-state index contributed by atoms with van der Waals surface area (Å²) in [6.45, 7) is 0.654. The molecule has 0 saturated carbocycles. The van der Waals surface area contributed by atoms with E-state index in [2.05, 4.69) is 15.6 Å². The molecule has 2 amide bonds. The van der Waals surface area contributed by atoms with E-state index in [1.807, 2.05) is 36.4 Å². The summed E-state index contributed by atoms with van der Waals surface area (Å²) in [4.78, 5) is 28.3. The van der Waals surface area contributed by atoms with Crippen LogP contribution in [0.2, 0.25) is 0 Å². The second-order valence-electron chi connectivity index (χ2n) is 7.32. The van der Waals surface area contributed by atoms with Crippen molar-refractivity contribution in [2.45, 2.75) is 13.2 Å². The molecule has 4 rings (SSSR count). The second kappa shape index (κ2) is 11.3. The summed E-state index contributed by atoms with van der Waals surface area (Å²) >= 11 is 0. The molecular formula is C26H23N3O5. The van der Waals surface area contributed by atoms with Crippen LogP contribution in [0, 0.1) is 0 Å². The van der Waals surface area contributed by atoms with Crippen LogP contribution in [0.3, 0.4) is 0 Å². The number of carbonyl (C=O) groups excluding carboxylic acids is 2. The van der Waals surface area contributed by atoms with Crippen LogP contribution in [-0.4, -0.2) is 23.4 Å². The van der Waals surface area contributed by atoms with Gasteiger partial charge in [0.25, 0.3) is 11.8 Å². The summed E-state index contributed by atoms with van der Waals surface area (Å²) < 4.78 is 16.4. The van der Waals surface area contributed by atoms with Crippen LogP contribution in [0.25, 0.3) is 0 Å². The number of carbonyl (C=O) groups is 2. The molecule has 8 nitrogen and oxygen atoms in total. The van der Waals surface area contributed by atoms with E-state index < -0.39 is 0 Å². The van der Waals surface area contributed by atoms with Gasteiger partial charge in [-0.1, -0.05) is 24.3 Å². The van der Waals surface area contributed by atoms with Crippen LogP contribution in [-0.2, 0) is 17.9 Å². The van der Waals surface area contributed by atoms with E-state index in [1.54, 1.807) is 48.8 Å². The minimum Gasteiger partial charge on any atom is -0.489 e. The quantitative estimate of drug-likeness (QED) is 0.370. The molecule has 172 valence electrons. The Labute approximate surface area is 196 Å². The van der Waals surface area contributed by atoms with Gasteiger partial charge >= 0.3 is 0 Å². The number of benzene rings is 2. The standard InChI is InChI=1S/C26H23N3O5/c30-25(18-34-23-6-1-5-21(14-23)29-26(31)24-7-3-13-32-24)28-16-19-8-10-22(11-9-19)33-17-20-4-2-12-27-15-20/h1-15H,16-18H2,(H,28,30)(H,29,31). The van der Waals surface area contributed by atoms with Gasteiger partial charge in [0.1, 0.15) is 18.1 Å². The number of aromatic nitrogens is 1. The van der Waals surface area contributed by atoms with Crippen molar-refractivity contribution in [3.8, 4) is 11.5 Å². The molecule has 34 heavy (non-hydrogen) atoms. The van der Waals surface area contributed by atoms with E-state index >= 15 is 0 Å². The van der Waals surface area contributed by atoms with Gasteiger partial charge in [-0.15, -0.1) is 0 Å². The van der Waals surface area contributed by atoms with E-state index in [4.69, 9.17) is 13.9 Å². The molecule has 2 heterocycles. The predicted octanol–water partition coefficient (Wildman–Crippen LogP) is 4.20. The van der Waals surface area contributed by atoms with Gasteiger partial charge in [0.2, 0.25) is 0 Å². The van der Waals surface area contributed by atoms with Crippen LogP contribution in [0.1, 0.15) is 21.7 Å². The first kappa shape index (κ1) is 22.6. The molecule has 0 fully saturated rings. The molecule has 2 aromatic carbocycles. The lowest BCUT2D eigenvalue weighted by molar-refractivity contribution is -0.123. The first-order chi connectivity index (χ1) is 16.7. The fraction of sp³-hybridized carbons (Fsp3) is 0.115. The number of nitrogens with one attached hydrogen (secondary N) is 2. The molecular weight excluding hydrogens is 434 g/mol. The Morgan fingerprint density at radius 3 is 2.53 bits per heavy atom. The lowest BCUT2D eigenvalue weighted by Crippen LogP contribution is -2.28. The topological polar surface area (TPSA) is 103 Å². The SMILES string of the molecule is O=C(COc1cccc(NC(=O)c2ccco2)c1)NCc1ccc(OCc2cccnc2)cc1. The zero-order valence-electron chi connectivity index (χ0n) is 18.3. The molecule has 0 spiro atoms. The van der Waals surface area contributed by atoms with Crippen LogP contribution in [0.5, 0.6) is 11.5 Å². The smallest absolute Gasteiger partial charge is 0.291 e. The Morgan fingerprint density at radius 1 is 0.882 bits per heavy atom. The number of amides is 2. The van der Waals surface area contributed by atoms with Crippen molar-refractivity contribution in [3.63, 3.8) is 0 Å². The Balaban J connectivity index is 1.19. The average molecular weight is 457 g/mol. The van der Waals surface area contributed by atoms with Gasteiger partial charge in [-0.25, -0.2) is 0 Å². The Kier molecular flexibility index (Phi) is 7.53. The zero-order valence-corrected chi connectivity index (χ0v) is 18.3. The third-order valence-electron chi connectivity index (χ3n) is 4.75. The van der Waals surface area contributed by atoms with Gasteiger partial charge in [0, 0.05) is 36.3 Å². The van der Waals surface area contributed by atoms with Crippen molar-refractivity contribution in [1.82, 2.24) is 10.3 Å². The molecule has 0 aliphatic rings. The fourth-order valence-electron chi connectivity index (χ4n) is 3.02. The maximum atomic E-state index is 12.2. The molecule has 0 aliphatic carbocycles. The van der Waals surface area contributed by atoms with E-state index in [-0.39, 0.29) is 24.2 Å². The highest BCUT2D eigenvalue weighted by Crippen LogP contribution is 2.18. The van der Waals surface area contributed by atoms with Crippen molar-refractivity contribution in [2.75, 3.05) is 11.9 Å². The summed E-state index contributed by atoms with van der Waals surface area (Å²) in [7, 11) is 0. The first-order valence-corrected chi connectivity index (χ1v) is 10.6. The Bertz CT molecular complexity index is 1210. The Hall–Kier alpha value is -4.59. The molecule has 0 bridgehead atoms. The average Bonchev–Trinajstić information content (AvgIpc) is 3.42. The number of nitrogens with zero attached hydrogens (tertiary/aromatic N) is 1. The zero-order chi connectivity index (χ0) is 23.6. The van der Waals surface area contributed by atoms with Crippen molar-refractivity contribution >= 4 is 17.5 Å². The monoisotopic (exact) mass is 457 g/mol. The fourth-order valence-corrected chi connectivity index (χ4v) is 3.02. The maximum Gasteiger partial charge on any atom is 0.291 e. The minimum atomic E-state index is -0.367. The Morgan fingerprint density at radius 2 is 1.76 bits per heavy atom. The summed E-state index contributed by atoms with van der Waals surface area (Å²) in [5.74, 6) is 0.776. The highest BCUT2D eigenvalue weighted by molar-refractivity contribution is 6.02. The number of hydrogen-bond donors (Lipinski definition) is 2. The number of pyridine rings is 1. The van der Waals surface area contributed by atoms with E-state index in [9.17, 15) is 9.59 Å². The third-order valence-corrected chi connectivity index (χ3v) is 4.75. The maximum absolute atomic E-state index is 12.2. The van der Waals surface area contributed by atoms with Crippen molar-refractivity contribution in [3.05, 3.63) is 108 Å². The number of furan rings is 1. The summed E-state index contributed by atoms with van der Waals surface area (Å²) in [6, 6.07) is 21.3. The molecule has 0 unspecified atom stereocenters. The van der Waals surface area contributed by atoms with E-state index in [1.165, 1.54) is 6.26 Å². The molecule has 4 aromatic rings. The lowest BCUT2D eigenvalue weighted by Gasteiger charge is -2.10. The first-order valence-electron chi connectivity index (χ1n) is 10.6. The largest absolute Gasteiger partial charge is 0.489 e. The summed E-state index contributed by atoms with van der Waals surface area (Å²) in [6.07, 6.45) is 4.91. The summed E-state index contributed by atoms with van der Waals surface area (Å²) in [5.41, 5.74) is 2.46. The van der Waals surface area contributed by atoms with Gasteiger partial charge in [-0.3, -0.25) is 14.6 Å². The molecule has 0 aliphatic heterocycles. The van der Waals surface area contributed by atoms with Crippen LogP contribution >= 0.6 is 0 Å². The van der Waals surface area contributed by atoms with Crippen LogP contribution < -0.4 is 20.1 Å². The lowest BCUT2D eigenvalue weighted by atomic mass is 10.2. The van der Waals surface area contributed by atoms with Crippen LogP contribution in [0.15, 0.2) is 95.9 Å².